The van der Waals surface area contributed by atoms with Gasteiger partial charge in [0.15, 0.2) is 0 Å². The summed E-state index contributed by atoms with van der Waals surface area (Å²) in [7, 11) is 1.53. The number of carbonyl (C=O) groups is 11. The summed E-state index contributed by atoms with van der Waals surface area (Å²) in [5, 5.41) is 21.7. The van der Waals surface area contributed by atoms with Crippen LogP contribution in [0.25, 0.3) is 0 Å². The predicted molar refractivity (Wildman–Crippen MR) is 398 cm³/mol. The van der Waals surface area contributed by atoms with Gasteiger partial charge in [-0.15, -0.1) is 0 Å². The molecule has 25 nitrogen and oxygen atoms in total. The molecule has 7 rings (SSSR count). The van der Waals surface area contributed by atoms with Crippen LogP contribution in [-0.4, -0.2) is 151 Å². The highest BCUT2D eigenvalue weighted by molar-refractivity contribution is 7.98. The molecule has 0 unspecified atom stereocenters. The average molecular weight is 1460 g/mol. The van der Waals surface area contributed by atoms with Crippen LogP contribution in [0.4, 0.5) is 4.79 Å². The van der Waals surface area contributed by atoms with Crippen molar-refractivity contribution >= 4 is 88.7 Å². The van der Waals surface area contributed by atoms with E-state index in [9.17, 15) is 47.9 Å². The lowest BCUT2D eigenvalue weighted by Gasteiger charge is -2.31. The number of amides is 11. The van der Waals surface area contributed by atoms with Crippen LogP contribution in [0.2, 0.25) is 0 Å². The third kappa shape index (κ3) is 28.4. The first-order valence-corrected chi connectivity index (χ1v) is 36.9. The molecule has 0 bridgehead atoms. The van der Waals surface area contributed by atoms with Crippen molar-refractivity contribution in [1.29, 1.82) is 0 Å². The Morgan fingerprint density at radius 2 is 1.05 bits per heavy atom. The number of nitrogens with zero attached hydrogens (tertiary/aromatic N) is 1. The van der Waals surface area contributed by atoms with E-state index < -0.39 is 120 Å². The minimum Gasteiger partial charge on any atom is -0.497 e. The highest BCUT2D eigenvalue weighted by atomic mass is 32.2. The van der Waals surface area contributed by atoms with E-state index in [0.717, 1.165) is 27.8 Å². The molecule has 554 valence electrons. The van der Waals surface area contributed by atoms with Gasteiger partial charge in [-0.3, -0.25) is 47.9 Å². The van der Waals surface area contributed by atoms with E-state index in [2.05, 4.69) is 42.5 Å². The van der Waals surface area contributed by atoms with Gasteiger partial charge in [0.1, 0.15) is 67.0 Å². The molecule has 1 saturated heterocycles. The summed E-state index contributed by atoms with van der Waals surface area (Å²) in [6, 6.07) is 40.5. The van der Waals surface area contributed by atoms with Crippen LogP contribution < -0.4 is 63.5 Å². The van der Waals surface area contributed by atoms with Crippen LogP contribution in [0.15, 0.2) is 164 Å². The van der Waals surface area contributed by atoms with Crippen molar-refractivity contribution in [2.45, 2.75) is 146 Å². The molecule has 0 aromatic heterocycles. The number of benzene rings is 6. The second kappa shape index (κ2) is 42.9. The van der Waals surface area contributed by atoms with Gasteiger partial charge in [0.2, 0.25) is 59.1 Å². The highest BCUT2D eigenvalue weighted by Crippen LogP contribution is 2.24. The first kappa shape index (κ1) is 80.9. The van der Waals surface area contributed by atoms with Gasteiger partial charge in [-0.2, -0.15) is 23.5 Å². The van der Waals surface area contributed by atoms with Crippen LogP contribution in [0, 0.1) is 12.8 Å². The number of rotatable bonds is 42. The van der Waals surface area contributed by atoms with E-state index in [0.29, 0.717) is 52.9 Å². The Bertz CT molecular complexity index is 3790. The Kier molecular flexibility index (Phi) is 33.4. The van der Waals surface area contributed by atoms with Crippen molar-refractivity contribution in [2.75, 3.05) is 38.2 Å². The Morgan fingerprint density at radius 1 is 0.529 bits per heavy atom. The second-order valence-corrected chi connectivity index (χ2v) is 27.8. The number of hydrogen-bond acceptors (Lipinski definition) is 16. The fourth-order valence-corrected chi connectivity index (χ4v) is 13.2. The van der Waals surface area contributed by atoms with E-state index in [1.807, 2.05) is 79.7 Å². The molecule has 12 N–H and O–H groups in total. The molecule has 1 aliphatic heterocycles. The van der Waals surface area contributed by atoms with Crippen LogP contribution in [-0.2, 0) is 90.2 Å². The quantitative estimate of drug-likeness (QED) is 0.0204. The summed E-state index contributed by atoms with van der Waals surface area (Å²) in [6.07, 6.45) is -0.809. The Hall–Kier alpha value is -10.4. The molecule has 0 spiro atoms. The van der Waals surface area contributed by atoms with Crippen LogP contribution in [0.1, 0.15) is 97.7 Å². The summed E-state index contributed by atoms with van der Waals surface area (Å²) in [6.45, 7) is 5.51. The maximum Gasteiger partial charge on any atom is 0.407 e. The molecule has 1 aliphatic rings. The summed E-state index contributed by atoms with van der Waals surface area (Å²) in [4.78, 5) is 154. The number of nitrogens with two attached hydrogens (primary N) is 2. The molecule has 0 saturated carbocycles. The van der Waals surface area contributed by atoms with E-state index in [-0.39, 0.29) is 76.3 Å². The van der Waals surface area contributed by atoms with Crippen LogP contribution >= 0.6 is 23.5 Å². The van der Waals surface area contributed by atoms with Gasteiger partial charge in [0, 0.05) is 55.4 Å². The molecule has 0 aliphatic carbocycles. The van der Waals surface area contributed by atoms with Gasteiger partial charge < -0.3 is 73.1 Å². The highest BCUT2D eigenvalue weighted by Gasteiger charge is 2.41. The number of aryl methyl sites for hydroxylation is 1. The molecular formula is C77H95N11O14S2. The molecule has 7 atom stereocenters. The largest absolute Gasteiger partial charge is 0.497 e. The molecule has 6 aromatic rings. The van der Waals surface area contributed by atoms with Gasteiger partial charge in [0.05, 0.1) is 20.1 Å². The average Bonchev–Trinajstić information content (AvgIpc) is 1.71. The molecule has 1 fully saturated rings. The standard InChI is InChI=1S/C77H95N11O14S2/c1-50(2)40-61(84-73(95)63(41-52-16-8-5-9-17-52)85-72(94)62(82-69(91)36-39-103-47-56-26-24-51(3)25-27-56)42-53-28-34-59(35-29-53)101-45-54-18-10-6-11-19-54)71(93)86-64(43-67(78)89)74(96)87-65(49-104-48-57-30-32-58(100-4)33-31-57)76(98)88-38-15-23-66(88)75(97)83-60(70(92)81-44-68(79)90)22-14-37-80-77(99)102-46-55-20-12-7-13-21-55/h5-13,16-21,24-35,50,60-66H,14-15,22-23,36-49H2,1-4H3,(H2,78,89)(H2,79,90)(H,80,99)(H,81,92)(H,82,91)(H,83,97)(H,84,95)(H,85,94)(H,86,93)(H,87,96)/t60-,61-,62-,63-,64-,65-,66-/m0/s1. The molecule has 6 aromatic carbocycles. The zero-order valence-corrected chi connectivity index (χ0v) is 60.7. The number of primary amides is 2. The Balaban J connectivity index is 1.07. The lowest BCUT2D eigenvalue weighted by Crippen LogP contribution is -2.61. The van der Waals surface area contributed by atoms with Crippen molar-refractivity contribution in [3.05, 3.63) is 203 Å². The summed E-state index contributed by atoms with van der Waals surface area (Å²) >= 11 is 2.84. The topological polar surface area (TPSA) is 367 Å². The number of methoxy groups -OCH3 is 1. The Morgan fingerprint density at radius 3 is 1.65 bits per heavy atom. The number of carbonyl (C=O) groups excluding carboxylic acids is 11. The Labute approximate surface area is 615 Å². The van der Waals surface area contributed by atoms with E-state index in [1.54, 1.807) is 117 Å². The number of thioether (sulfide) groups is 2. The molecule has 104 heavy (non-hydrogen) atoms. The maximum absolute atomic E-state index is 15.0. The summed E-state index contributed by atoms with van der Waals surface area (Å²) < 4.78 is 16.6. The molecule has 27 heteroatoms. The summed E-state index contributed by atoms with van der Waals surface area (Å²) in [5.41, 5.74) is 17.2. The van der Waals surface area contributed by atoms with Gasteiger partial charge in [-0.25, -0.2) is 4.79 Å². The SMILES string of the molecule is COc1ccc(CSC[C@H](NC(=O)[C@H](CC(N)=O)NC(=O)[C@H](CC(C)C)NC(=O)[C@H](Cc2ccccc2)NC(=O)[C@H](Cc2ccc(OCc3ccccc3)cc2)NC(=O)CCSCc2ccc(C)cc2)C(=O)N2CCC[C@H]2C(=O)N[C@@H](CCCNC(=O)OCc2ccccc2)C(=O)NCC(N)=O)cc1. The molecular weight excluding hydrogens is 1370 g/mol. The number of alkyl carbamates (subject to hydrolysis) is 1. The van der Waals surface area contributed by atoms with Gasteiger partial charge in [-0.1, -0.05) is 159 Å². The molecule has 0 radical (unpaired) electrons. The fourth-order valence-electron chi connectivity index (χ4n) is 11.3. The van der Waals surface area contributed by atoms with Gasteiger partial charge >= 0.3 is 6.09 Å². The predicted octanol–water partition coefficient (Wildman–Crippen LogP) is 5.75. The third-order valence-electron chi connectivity index (χ3n) is 16.8. The third-order valence-corrected chi connectivity index (χ3v) is 18.9. The molecule has 11 amide bonds. The number of likely N-dealkylation sites (tertiary alicyclic amines) is 1. The van der Waals surface area contributed by atoms with E-state index in [4.69, 9.17) is 25.7 Å². The first-order valence-electron chi connectivity index (χ1n) is 34.6. The normalized spacial score (nSPS) is 14.2. The lowest BCUT2D eigenvalue weighted by atomic mass is 9.99. The van der Waals surface area contributed by atoms with Gasteiger partial charge in [-0.05, 0) is 103 Å². The molecule has 1 heterocycles. The van der Waals surface area contributed by atoms with Crippen LogP contribution in [0.3, 0.4) is 0 Å². The smallest absolute Gasteiger partial charge is 0.407 e. The summed E-state index contributed by atoms with van der Waals surface area (Å²) in [5.74, 6) is -5.49. The van der Waals surface area contributed by atoms with Gasteiger partial charge in [0.25, 0.3) is 0 Å². The first-order chi connectivity index (χ1) is 50.1. The zero-order chi connectivity index (χ0) is 74.8. The van der Waals surface area contributed by atoms with Crippen molar-refractivity contribution in [3.63, 3.8) is 0 Å². The lowest BCUT2D eigenvalue weighted by molar-refractivity contribution is -0.142. The second-order valence-electron chi connectivity index (χ2n) is 25.7. The van der Waals surface area contributed by atoms with Crippen molar-refractivity contribution in [3.8, 4) is 11.5 Å². The van der Waals surface area contributed by atoms with E-state index >= 15 is 4.79 Å². The number of nitrogens with one attached hydrogen (secondary N) is 8. The minimum absolute atomic E-state index is 0.00392. The minimum atomic E-state index is -1.72. The number of ether oxygens (including phenoxy) is 3. The monoisotopic (exact) mass is 1460 g/mol. The van der Waals surface area contributed by atoms with Crippen molar-refractivity contribution < 1.29 is 67.0 Å². The zero-order valence-electron chi connectivity index (χ0n) is 59.1. The van der Waals surface area contributed by atoms with Crippen LogP contribution in [0.5, 0.6) is 11.5 Å². The number of hydrogen-bond donors (Lipinski definition) is 10. The maximum atomic E-state index is 15.0. The van der Waals surface area contributed by atoms with Crippen molar-refractivity contribution in [1.82, 2.24) is 47.4 Å². The van der Waals surface area contributed by atoms with Crippen molar-refractivity contribution in [2.24, 2.45) is 17.4 Å². The fraction of sp³-hybridized carbons (Fsp3) is 0.390. The van der Waals surface area contributed by atoms with E-state index in [1.165, 1.54) is 23.8 Å².